The van der Waals surface area contributed by atoms with E-state index in [9.17, 15) is 15.3 Å². The van der Waals surface area contributed by atoms with Gasteiger partial charge >= 0.3 is 0 Å². The van der Waals surface area contributed by atoms with Crippen molar-refractivity contribution in [1.29, 1.82) is 0 Å². The summed E-state index contributed by atoms with van der Waals surface area (Å²) in [6.45, 7) is 0. The maximum atomic E-state index is 10.2. The summed E-state index contributed by atoms with van der Waals surface area (Å²) in [6.07, 6.45) is 1.64. The number of aromatic hydroxyl groups is 1. The van der Waals surface area contributed by atoms with Gasteiger partial charge in [0, 0.05) is 0 Å². The molecule has 2 heterocycles. The van der Waals surface area contributed by atoms with E-state index in [1.165, 1.54) is 0 Å². The second-order valence-electron chi connectivity index (χ2n) is 6.45. The summed E-state index contributed by atoms with van der Waals surface area (Å²) in [5.41, 5.74) is 1.99. The average molecular weight is 344 g/mol. The van der Waals surface area contributed by atoms with E-state index in [1.54, 1.807) is 25.3 Å². The molecule has 2 unspecified atom stereocenters. The van der Waals surface area contributed by atoms with E-state index in [4.69, 9.17) is 9.47 Å². The summed E-state index contributed by atoms with van der Waals surface area (Å²) in [5.74, 6) is 1.51. The van der Waals surface area contributed by atoms with E-state index in [0.29, 0.717) is 36.5 Å². The number of aliphatic hydroxyl groups is 2. The highest BCUT2D eigenvalue weighted by atomic mass is 16.5. The van der Waals surface area contributed by atoms with Crippen LogP contribution in [0.2, 0.25) is 0 Å². The molecular formula is C20H24O5. The fourth-order valence-electron chi connectivity index (χ4n) is 3.08. The van der Waals surface area contributed by atoms with Crippen LogP contribution in [0.15, 0.2) is 36.4 Å². The van der Waals surface area contributed by atoms with E-state index in [0.717, 1.165) is 24.0 Å². The first kappa shape index (κ1) is 17.6. The molecular weight excluding hydrogens is 320 g/mol. The SMILES string of the molecule is COc1cc2ccc1Oc1cc(ccc1O)CCC(O)C(O)CCC2. The lowest BCUT2D eigenvalue weighted by Crippen LogP contribution is -2.26. The molecule has 2 atom stereocenters. The number of rotatable bonds is 1. The predicted molar refractivity (Wildman–Crippen MR) is 94.4 cm³/mol. The number of hydrogen-bond donors (Lipinski definition) is 3. The third kappa shape index (κ3) is 4.24. The smallest absolute Gasteiger partial charge is 0.169 e. The normalized spacial score (nSPS) is 21.1. The third-order valence-corrected chi connectivity index (χ3v) is 4.61. The van der Waals surface area contributed by atoms with Gasteiger partial charge in [0.1, 0.15) is 0 Å². The van der Waals surface area contributed by atoms with Crippen molar-refractivity contribution in [3.63, 3.8) is 0 Å². The van der Waals surface area contributed by atoms with Crippen LogP contribution in [0.5, 0.6) is 23.0 Å². The predicted octanol–water partition coefficient (Wildman–Crippen LogP) is 3.18. The molecule has 0 fully saturated rings. The van der Waals surface area contributed by atoms with Crippen LogP contribution >= 0.6 is 0 Å². The Morgan fingerprint density at radius 2 is 1.64 bits per heavy atom. The number of phenolic OH excluding ortho intramolecular Hbond substituents is 1. The minimum absolute atomic E-state index is 0.0415. The number of benzene rings is 2. The van der Waals surface area contributed by atoms with Gasteiger partial charge in [0.15, 0.2) is 23.0 Å². The van der Waals surface area contributed by atoms with Crippen LogP contribution in [-0.4, -0.2) is 34.6 Å². The van der Waals surface area contributed by atoms with Gasteiger partial charge < -0.3 is 24.8 Å². The van der Waals surface area contributed by atoms with Gasteiger partial charge in [0.2, 0.25) is 0 Å². The molecule has 2 aliphatic rings. The third-order valence-electron chi connectivity index (χ3n) is 4.61. The van der Waals surface area contributed by atoms with Crippen LogP contribution in [0.1, 0.15) is 30.4 Å². The summed E-state index contributed by atoms with van der Waals surface area (Å²) in [5, 5.41) is 30.4. The number of ether oxygens (including phenoxy) is 2. The van der Waals surface area contributed by atoms with Gasteiger partial charge in [-0.1, -0.05) is 12.1 Å². The molecule has 3 N–H and O–H groups in total. The minimum Gasteiger partial charge on any atom is -0.504 e. The Morgan fingerprint density at radius 1 is 0.920 bits per heavy atom. The van der Waals surface area contributed by atoms with E-state index in [2.05, 4.69) is 0 Å². The molecule has 0 aliphatic carbocycles. The molecule has 0 saturated heterocycles. The maximum Gasteiger partial charge on any atom is 0.169 e. The molecule has 134 valence electrons. The number of fused-ring (bicyclic) bond motifs is 8. The fraction of sp³-hybridized carbons (Fsp3) is 0.400. The van der Waals surface area contributed by atoms with Crippen LogP contribution in [0, 0.1) is 0 Å². The lowest BCUT2D eigenvalue weighted by Gasteiger charge is -2.17. The second kappa shape index (κ2) is 7.76. The lowest BCUT2D eigenvalue weighted by atomic mass is 9.99. The van der Waals surface area contributed by atoms with Crippen LogP contribution in [0.3, 0.4) is 0 Å². The molecule has 5 heteroatoms. The minimum atomic E-state index is -0.764. The van der Waals surface area contributed by atoms with Crippen LogP contribution in [0.25, 0.3) is 0 Å². The van der Waals surface area contributed by atoms with Crippen molar-refractivity contribution >= 4 is 0 Å². The zero-order chi connectivity index (χ0) is 17.8. The quantitative estimate of drug-likeness (QED) is 0.740. The first-order chi connectivity index (χ1) is 12.1. The van der Waals surface area contributed by atoms with Gasteiger partial charge in [-0.15, -0.1) is 0 Å². The van der Waals surface area contributed by atoms with Gasteiger partial charge in [-0.25, -0.2) is 0 Å². The van der Waals surface area contributed by atoms with Gasteiger partial charge in [0.05, 0.1) is 19.3 Å². The standard InChI is InChI=1S/C20H24O5/c1-24-20-12-13-3-2-4-15(21)16(22)8-5-14-6-9-17(23)19(11-14)25-18(20)10-7-13/h6-7,9-12,15-16,21-23H,2-5,8H2,1H3. The van der Waals surface area contributed by atoms with E-state index in [1.807, 2.05) is 18.2 Å². The molecule has 4 bridgehead atoms. The van der Waals surface area contributed by atoms with Crippen LogP contribution < -0.4 is 9.47 Å². The Hall–Kier alpha value is -2.24. The Kier molecular flexibility index (Phi) is 5.46. The van der Waals surface area contributed by atoms with Gasteiger partial charge in [0.25, 0.3) is 0 Å². The highest BCUT2D eigenvalue weighted by molar-refractivity contribution is 5.49. The van der Waals surface area contributed by atoms with Gasteiger partial charge in [-0.3, -0.25) is 0 Å². The van der Waals surface area contributed by atoms with Gasteiger partial charge in [-0.05, 0) is 67.5 Å². The Labute approximate surface area is 147 Å². The van der Waals surface area contributed by atoms with Crippen LogP contribution in [-0.2, 0) is 12.8 Å². The fourth-order valence-corrected chi connectivity index (χ4v) is 3.08. The molecule has 2 aromatic carbocycles. The zero-order valence-corrected chi connectivity index (χ0v) is 14.3. The topological polar surface area (TPSA) is 79.2 Å². The molecule has 0 spiro atoms. The summed E-state index contributed by atoms with van der Waals surface area (Å²) < 4.78 is 11.3. The zero-order valence-electron chi connectivity index (χ0n) is 14.3. The summed E-state index contributed by atoms with van der Waals surface area (Å²) >= 11 is 0. The van der Waals surface area contributed by atoms with Crippen molar-refractivity contribution in [3.05, 3.63) is 47.5 Å². The molecule has 0 radical (unpaired) electrons. The highest BCUT2D eigenvalue weighted by Gasteiger charge is 2.18. The lowest BCUT2D eigenvalue weighted by molar-refractivity contribution is 0.00915. The molecule has 25 heavy (non-hydrogen) atoms. The van der Waals surface area contributed by atoms with Crippen molar-refractivity contribution in [1.82, 2.24) is 0 Å². The molecule has 5 nitrogen and oxygen atoms in total. The van der Waals surface area contributed by atoms with Crippen LogP contribution in [0.4, 0.5) is 0 Å². The van der Waals surface area contributed by atoms with Crippen molar-refractivity contribution < 1.29 is 24.8 Å². The Balaban J connectivity index is 1.97. The molecule has 2 aliphatic heterocycles. The average Bonchev–Trinajstić information content (AvgIpc) is 2.62. The van der Waals surface area contributed by atoms with E-state index in [-0.39, 0.29) is 5.75 Å². The number of aliphatic hydroxyl groups excluding tert-OH is 2. The van der Waals surface area contributed by atoms with Crippen molar-refractivity contribution in [2.45, 2.75) is 44.3 Å². The Bertz CT molecular complexity index is 728. The Morgan fingerprint density at radius 3 is 2.44 bits per heavy atom. The number of aryl methyl sites for hydroxylation is 2. The van der Waals surface area contributed by atoms with E-state index < -0.39 is 12.2 Å². The molecule has 0 amide bonds. The molecule has 0 aromatic heterocycles. The highest BCUT2D eigenvalue weighted by Crippen LogP contribution is 2.37. The summed E-state index contributed by atoms with van der Waals surface area (Å²) in [6, 6.07) is 10.8. The first-order valence-electron chi connectivity index (χ1n) is 8.59. The monoisotopic (exact) mass is 344 g/mol. The number of methoxy groups -OCH3 is 1. The van der Waals surface area contributed by atoms with Crippen molar-refractivity contribution in [2.24, 2.45) is 0 Å². The first-order valence-corrected chi connectivity index (χ1v) is 8.59. The van der Waals surface area contributed by atoms with Crippen molar-refractivity contribution in [2.75, 3.05) is 7.11 Å². The number of hydrogen-bond acceptors (Lipinski definition) is 5. The van der Waals surface area contributed by atoms with Gasteiger partial charge in [-0.2, -0.15) is 0 Å². The largest absolute Gasteiger partial charge is 0.504 e. The summed E-state index contributed by atoms with van der Waals surface area (Å²) in [7, 11) is 1.58. The molecule has 2 aromatic rings. The molecule has 0 saturated carbocycles. The summed E-state index contributed by atoms with van der Waals surface area (Å²) in [4.78, 5) is 0. The van der Waals surface area contributed by atoms with Crippen molar-refractivity contribution in [3.8, 4) is 23.0 Å². The van der Waals surface area contributed by atoms with E-state index >= 15 is 0 Å². The second-order valence-corrected chi connectivity index (χ2v) is 6.45. The molecule has 4 rings (SSSR count). The maximum absolute atomic E-state index is 10.2. The number of phenols is 1.